The Morgan fingerprint density at radius 2 is 2.24 bits per heavy atom. The summed E-state index contributed by atoms with van der Waals surface area (Å²) in [5.74, 6) is 2.28. The van der Waals surface area contributed by atoms with Crippen molar-refractivity contribution >= 4 is 0 Å². The van der Waals surface area contributed by atoms with Gasteiger partial charge in [-0.2, -0.15) is 10.1 Å². The van der Waals surface area contributed by atoms with Crippen molar-refractivity contribution in [1.82, 2.24) is 29.8 Å². The van der Waals surface area contributed by atoms with E-state index in [0.29, 0.717) is 24.8 Å². The lowest BCUT2D eigenvalue weighted by Gasteiger charge is -2.12. The van der Waals surface area contributed by atoms with Crippen LogP contribution in [0.25, 0.3) is 0 Å². The van der Waals surface area contributed by atoms with Gasteiger partial charge in [-0.25, -0.2) is 4.98 Å². The summed E-state index contributed by atoms with van der Waals surface area (Å²) in [6.45, 7) is 3.32. The van der Waals surface area contributed by atoms with Gasteiger partial charge in [-0.15, -0.1) is 0 Å². The normalized spacial score (nSPS) is 11.3. The second-order valence-corrected chi connectivity index (χ2v) is 3.93. The predicted molar refractivity (Wildman–Crippen MR) is 59.9 cm³/mol. The summed E-state index contributed by atoms with van der Waals surface area (Å²) in [5, 5.41) is 7.93. The Labute approximate surface area is 99.4 Å². The van der Waals surface area contributed by atoms with Crippen LogP contribution in [0, 0.1) is 0 Å². The monoisotopic (exact) mass is 236 g/mol. The standard InChI is InChI=1S/C10H16N6O/c1-4-10-13-8(14-17-10)5-15(2)6-9-11-7-12-16(9)3/h7H,4-6H2,1-3H3. The van der Waals surface area contributed by atoms with E-state index in [1.807, 2.05) is 21.0 Å². The van der Waals surface area contributed by atoms with E-state index in [2.05, 4.69) is 25.1 Å². The summed E-state index contributed by atoms with van der Waals surface area (Å²) in [6.07, 6.45) is 2.31. The molecule has 7 heteroatoms. The lowest BCUT2D eigenvalue weighted by atomic mass is 10.4. The molecule has 0 radical (unpaired) electrons. The van der Waals surface area contributed by atoms with Crippen LogP contribution in [0.2, 0.25) is 0 Å². The Bertz CT molecular complexity index is 477. The third kappa shape index (κ3) is 2.88. The lowest BCUT2D eigenvalue weighted by Crippen LogP contribution is -2.20. The molecule has 7 nitrogen and oxygen atoms in total. The van der Waals surface area contributed by atoms with Crippen molar-refractivity contribution in [1.29, 1.82) is 0 Å². The van der Waals surface area contributed by atoms with Crippen LogP contribution in [0.15, 0.2) is 10.9 Å². The third-order valence-corrected chi connectivity index (χ3v) is 2.44. The van der Waals surface area contributed by atoms with E-state index >= 15 is 0 Å². The number of rotatable bonds is 5. The highest BCUT2D eigenvalue weighted by Crippen LogP contribution is 2.04. The van der Waals surface area contributed by atoms with Gasteiger partial charge in [0.25, 0.3) is 0 Å². The van der Waals surface area contributed by atoms with E-state index in [1.54, 1.807) is 11.0 Å². The zero-order valence-electron chi connectivity index (χ0n) is 10.3. The molecule has 2 aromatic heterocycles. The molecule has 2 rings (SSSR count). The summed E-state index contributed by atoms with van der Waals surface area (Å²) < 4.78 is 6.81. The minimum Gasteiger partial charge on any atom is -0.339 e. The average Bonchev–Trinajstić information content (AvgIpc) is 2.89. The van der Waals surface area contributed by atoms with E-state index in [9.17, 15) is 0 Å². The van der Waals surface area contributed by atoms with Crippen molar-refractivity contribution in [3.8, 4) is 0 Å². The fourth-order valence-corrected chi connectivity index (χ4v) is 1.50. The first-order chi connectivity index (χ1) is 8.19. The molecule has 2 heterocycles. The van der Waals surface area contributed by atoms with Crippen molar-refractivity contribution in [3.63, 3.8) is 0 Å². The van der Waals surface area contributed by atoms with Crippen LogP contribution in [0.5, 0.6) is 0 Å². The summed E-state index contributed by atoms with van der Waals surface area (Å²) in [4.78, 5) is 10.5. The first-order valence-electron chi connectivity index (χ1n) is 5.52. The molecule has 2 aromatic rings. The zero-order chi connectivity index (χ0) is 12.3. The van der Waals surface area contributed by atoms with Crippen molar-refractivity contribution < 1.29 is 4.52 Å². The van der Waals surface area contributed by atoms with E-state index < -0.39 is 0 Å². The molecule has 0 aliphatic rings. The number of hydrogen-bond acceptors (Lipinski definition) is 6. The topological polar surface area (TPSA) is 72.9 Å². The fourth-order valence-electron chi connectivity index (χ4n) is 1.50. The number of aryl methyl sites for hydroxylation is 2. The molecule has 0 atom stereocenters. The highest BCUT2D eigenvalue weighted by Gasteiger charge is 2.10. The average molecular weight is 236 g/mol. The van der Waals surface area contributed by atoms with Gasteiger partial charge >= 0.3 is 0 Å². The Kier molecular flexibility index (Phi) is 3.48. The molecule has 0 aliphatic heterocycles. The van der Waals surface area contributed by atoms with Gasteiger partial charge in [0, 0.05) is 13.5 Å². The van der Waals surface area contributed by atoms with Crippen molar-refractivity contribution in [2.24, 2.45) is 7.05 Å². The Morgan fingerprint density at radius 1 is 1.41 bits per heavy atom. The summed E-state index contributed by atoms with van der Waals surface area (Å²) >= 11 is 0. The van der Waals surface area contributed by atoms with Crippen LogP contribution >= 0.6 is 0 Å². The maximum atomic E-state index is 5.05. The van der Waals surface area contributed by atoms with Gasteiger partial charge in [0.05, 0.1) is 13.1 Å². The van der Waals surface area contributed by atoms with Gasteiger partial charge < -0.3 is 4.52 Å². The number of aromatic nitrogens is 5. The van der Waals surface area contributed by atoms with Crippen LogP contribution in [0.4, 0.5) is 0 Å². The third-order valence-electron chi connectivity index (χ3n) is 2.44. The fraction of sp³-hybridized carbons (Fsp3) is 0.600. The molecular formula is C10H16N6O. The first-order valence-corrected chi connectivity index (χ1v) is 5.52. The molecule has 0 fully saturated rings. The SMILES string of the molecule is CCc1nc(CN(C)Cc2ncnn2C)no1. The molecule has 0 saturated carbocycles. The van der Waals surface area contributed by atoms with Gasteiger partial charge in [-0.05, 0) is 7.05 Å². The number of nitrogens with zero attached hydrogens (tertiary/aromatic N) is 6. The van der Waals surface area contributed by atoms with Crippen molar-refractivity contribution in [2.75, 3.05) is 7.05 Å². The van der Waals surface area contributed by atoms with Gasteiger partial charge in [0.2, 0.25) is 5.89 Å². The second kappa shape index (κ2) is 5.05. The minimum atomic E-state index is 0.635. The zero-order valence-corrected chi connectivity index (χ0v) is 10.3. The van der Waals surface area contributed by atoms with Crippen molar-refractivity contribution in [2.45, 2.75) is 26.4 Å². The van der Waals surface area contributed by atoms with Crippen LogP contribution in [-0.2, 0) is 26.6 Å². The Balaban J connectivity index is 1.93. The summed E-state index contributed by atoms with van der Waals surface area (Å²) in [7, 11) is 3.86. The quantitative estimate of drug-likeness (QED) is 0.748. The minimum absolute atomic E-state index is 0.635. The van der Waals surface area contributed by atoms with Crippen molar-refractivity contribution in [3.05, 3.63) is 23.9 Å². The van der Waals surface area contributed by atoms with E-state index in [0.717, 1.165) is 12.2 Å². The highest BCUT2D eigenvalue weighted by molar-refractivity contribution is 4.88. The molecule has 0 aromatic carbocycles. The molecule has 0 N–H and O–H groups in total. The molecule has 92 valence electrons. The van der Waals surface area contributed by atoms with Crippen LogP contribution in [0.3, 0.4) is 0 Å². The summed E-state index contributed by atoms with van der Waals surface area (Å²) in [6, 6.07) is 0. The molecule has 0 amide bonds. The van der Waals surface area contributed by atoms with Gasteiger partial charge in [-0.1, -0.05) is 12.1 Å². The largest absolute Gasteiger partial charge is 0.339 e. The van der Waals surface area contributed by atoms with E-state index in [-0.39, 0.29) is 0 Å². The van der Waals surface area contributed by atoms with Gasteiger partial charge in [-0.3, -0.25) is 9.58 Å². The molecule has 0 saturated heterocycles. The first kappa shape index (κ1) is 11.7. The molecule has 0 unspecified atom stereocenters. The van der Waals surface area contributed by atoms with Crippen LogP contribution in [0.1, 0.15) is 24.5 Å². The molecule has 0 spiro atoms. The maximum Gasteiger partial charge on any atom is 0.226 e. The lowest BCUT2D eigenvalue weighted by molar-refractivity contribution is 0.289. The van der Waals surface area contributed by atoms with E-state index in [1.165, 1.54) is 0 Å². The Hall–Kier alpha value is -1.76. The molecule has 0 aliphatic carbocycles. The van der Waals surface area contributed by atoms with Gasteiger partial charge in [0.15, 0.2) is 5.82 Å². The van der Waals surface area contributed by atoms with Gasteiger partial charge in [0.1, 0.15) is 12.2 Å². The predicted octanol–water partition coefficient (Wildman–Crippen LogP) is 0.392. The maximum absolute atomic E-state index is 5.05. The number of hydrogen-bond donors (Lipinski definition) is 0. The highest BCUT2D eigenvalue weighted by atomic mass is 16.5. The van der Waals surface area contributed by atoms with Crippen LogP contribution < -0.4 is 0 Å². The second-order valence-electron chi connectivity index (χ2n) is 3.93. The molecular weight excluding hydrogens is 220 g/mol. The smallest absolute Gasteiger partial charge is 0.226 e. The van der Waals surface area contributed by atoms with Crippen LogP contribution in [-0.4, -0.2) is 36.9 Å². The molecule has 0 bridgehead atoms. The Morgan fingerprint density at radius 3 is 2.82 bits per heavy atom. The van der Waals surface area contributed by atoms with E-state index in [4.69, 9.17) is 4.52 Å². The summed E-state index contributed by atoms with van der Waals surface area (Å²) in [5.41, 5.74) is 0. The molecule has 17 heavy (non-hydrogen) atoms.